The lowest BCUT2D eigenvalue weighted by Gasteiger charge is -2.25. The van der Waals surface area contributed by atoms with Gasteiger partial charge in [0.05, 0.1) is 5.41 Å². The van der Waals surface area contributed by atoms with Gasteiger partial charge in [-0.15, -0.1) is 0 Å². The van der Waals surface area contributed by atoms with Gasteiger partial charge < -0.3 is 5.32 Å². The molecule has 0 fully saturated rings. The fourth-order valence-corrected chi connectivity index (χ4v) is 1.43. The van der Waals surface area contributed by atoms with Crippen LogP contribution >= 0.6 is 0 Å². The molecule has 1 aromatic carbocycles. The third-order valence-electron chi connectivity index (χ3n) is 2.48. The van der Waals surface area contributed by atoms with Crippen molar-refractivity contribution < 1.29 is 4.79 Å². The average Bonchev–Trinajstić information content (AvgIpc) is 2.18. The maximum atomic E-state index is 12.0. The summed E-state index contributed by atoms with van der Waals surface area (Å²) in [5, 5.41) is 2.94. The number of nitrogens with one attached hydrogen (secondary N) is 1. The SMILES string of the molecule is CC(C)NC(=O)C(C)(C)c1ccccc1. The number of benzene rings is 1. The summed E-state index contributed by atoms with van der Waals surface area (Å²) in [7, 11) is 0. The molecule has 82 valence electrons. The summed E-state index contributed by atoms with van der Waals surface area (Å²) in [6, 6.07) is 10.0. The quantitative estimate of drug-likeness (QED) is 0.807. The second-order valence-corrected chi connectivity index (χ2v) is 4.62. The van der Waals surface area contributed by atoms with E-state index in [4.69, 9.17) is 0 Å². The lowest BCUT2D eigenvalue weighted by Crippen LogP contribution is -2.43. The molecule has 0 atom stereocenters. The van der Waals surface area contributed by atoms with Gasteiger partial charge in [0.2, 0.25) is 5.91 Å². The van der Waals surface area contributed by atoms with Crippen LogP contribution in [0.4, 0.5) is 0 Å². The van der Waals surface area contributed by atoms with Gasteiger partial charge in [0.15, 0.2) is 0 Å². The van der Waals surface area contributed by atoms with Crippen molar-refractivity contribution in [3.8, 4) is 0 Å². The first-order valence-electron chi connectivity index (χ1n) is 5.31. The summed E-state index contributed by atoms with van der Waals surface area (Å²) in [6.45, 7) is 7.83. The zero-order chi connectivity index (χ0) is 11.5. The van der Waals surface area contributed by atoms with Crippen LogP contribution in [0.1, 0.15) is 33.3 Å². The van der Waals surface area contributed by atoms with E-state index in [2.05, 4.69) is 5.32 Å². The molecule has 2 heteroatoms. The number of carbonyl (C=O) groups excluding carboxylic acids is 1. The van der Waals surface area contributed by atoms with Crippen LogP contribution in [0.25, 0.3) is 0 Å². The Bertz CT molecular complexity index is 328. The van der Waals surface area contributed by atoms with Crippen LogP contribution in [0.3, 0.4) is 0 Å². The van der Waals surface area contributed by atoms with Crippen molar-refractivity contribution in [2.24, 2.45) is 0 Å². The molecule has 1 aromatic rings. The highest BCUT2D eigenvalue weighted by Gasteiger charge is 2.29. The van der Waals surface area contributed by atoms with E-state index >= 15 is 0 Å². The maximum absolute atomic E-state index is 12.0. The predicted octanol–water partition coefficient (Wildman–Crippen LogP) is 2.49. The van der Waals surface area contributed by atoms with Gasteiger partial charge >= 0.3 is 0 Å². The average molecular weight is 205 g/mol. The summed E-state index contributed by atoms with van der Waals surface area (Å²) in [5.41, 5.74) is 0.578. The third-order valence-corrected chi connectivity index (χ3v) is 2.48. The van der Waals surface area contributed by atoms with Gasteiger partial charge in [-0.25, -0.2) is 0 Å². The minimum atomic E-state index is -0.467. The summed E-state index contributed by atoms with van der Waals surface area (Å²) >= 11 is 0. The van der Waals surface area contributed by atoms with Crippen molar-refractivity contribution in [1.29, 1.82) is 0 Å². The van der Waals surface area contributed by atoms with Gasteiger partial charge in [-0.2, -0.15) is 0 Å². The van der Waals surface area contributed by atoms with E-state index in [1.807, 2.05) is 58.0 Å². The fraction of sp³-hybridized carbons (Fsp3) is 0.462. The molecule has 0 spiro atoms. The minimum Gasteiger partial charge on any atom is -0.353 e. The standard InChI is InChI=1S/C13H19NO/c1-10(2)14-12(15)13(3,4)11-8-6-5-7-9-11/h5-10H,1-4H3,(H,14,15). The first-order chi connectivity index (χ1) is 6.94. The lowest BCUT2D eigenvalue weighted by molar-refractivity contribution is -0.126. The Kier molecular flexibility index (Phi) is 3.51. The van der Waals surface area contributed by atoms with Crippen molar-refractivity contribution in [2.75, 3.05) is 0 Å². The number of hydrogen-bond acceptors (Lipinski definition) is 1. The fourth-order valence-electron chi connectivity index (χ4n) is 1.43. The molecule has 0 heterocycles. The Morgan fingerprint density at radius 3 is 2.20 bits per heavy atom. The van der Waals surface area contributed by atoms with E-state index in [9.17, 15) is 4.79 Å². The highest BCUT2D eigenvalue weighted by molar-refractivity contribution is 5.87. The van der Waals surface area contributed by atoms with Crippen LogP contribution in [0.15, 0.2) is 30.3 Å². The maximum Gasteiger partial charge on any atom is 0.230 e. The van der Waals surface area contributed by atoms with Crippen molar-refractivity contribution >= 4 is 5.91 Å². The zero-order valence-electron chi connectivity index (χ0n) is 9.87. The molecule has 15 heavy (non-hydrogen) atoms. The van der Waals surface area contributed by atoms with Crippen LogP contribution in [-0.4, -0.2) is 11.9 Å². The van der Waals surface area contributed by atoms with Crippen molar-refractivity contribution in [2.45, 2.75) is 39.2 Å². The molecule has 0 bridgehead atoms. The van der Waals surface area contributed by atoms with E-state index < -0.39 is 5.41 Å². The highest BCUT2D eigenvalue weighted by atomic mass is 16.2. The van der Waals surface area contributed by atoms with E-state index in [-0.39, 0.29) is 11.9 Å². The second-order valence-electron chi connectivity index (χ2n) is 4.62. The Labute approximate surface area is 91.7 Å². The zero-order valence-corrected chi connectivity index (χ0v) is 9.87. The van der Waals surface area contributed by atoms with E-state index in [1.165, 1.54) is 0 Å². The molecule has 0 aliphatic rings. The molecule has 1 N–H and O–H groups in total. The number of amides is 1. The predicted molar refractivity (Wildman–Crippen MR) is 62.7 cm³/mol. The van der Waals surface area contributed by atoms with Crippen molar-refractivity contribution in [3.63, 3.8) is 0 Å². The van der Waals surface area contributed by atoms with Crippen molar-refractivity contribution in [3.05, 3.63) is 35.9 Å². The largest absolute Gasteiger partial charge is 0.353 e. The summed E-state index contributed by atoms with van der Waals surface area (Å²) in [4.78, 5) is 12.0. The molecule has 0 aliphatic heterocycles. The van der Waals surface area contributed by atoms with E-state index in [1.54, 1.807) is 0 Å². The van der Waals surface area contributed by atoms with Gasteiger partial charge in [-0.3, -0.25) is 4.79 Å². The Balaban J connectivity index is 2.88. The minimum absolute atomic E-state index is 0.0729. The van der Waals surface area contributed by atoms with Crippen molar-refractivity contribution in [1.82, 2.24) is 5.32 Å². The molecule has 0 radical (unpaired) electrons. The molecule has 0 aliphatic carbocycles. The van der Waals surface area contributed by atoms with Gasteiger partial charge in [-0.05, 0) is 33.3 Å². The van der Waals surface area contributed by atoms with Crippen LogP contribution in [-0.2, 0) is 10.2 Å². The molecular weight excluding hydrogens is 186 g/mol. The summed E-state index contributed by atoms with van der Waals surface area (Å²) in [5.74, 6) is 0.0729. The second kappa shape index (κ2) is 4.47. The number of rotatable bonds is 3. The molecule has 2 nitrogen and oxygen atoms in total. The van der Waals surface area contributed by atoms with Crippen LogP contribution < -0.4 is 5.32 Å². The first kappa shape index (κ1) is 11.8. The summed E-state index contributed by atoms with van der Waals surface area (Å²) in [6.07, 6.45) is 0. The Morgan fingerprint density at radius 2 is 1.73 bits per heavy atom. The molecule has 1 amide bonds. The highest BCUT2D eigenvalue weighted by Crippen LogP contribution is 2.22. The van der Waals surface area contributed by atoms with Gasteiger partial charge in [0.25, 0.3) is 0 Å². The van der Waals surface area contributed by atoms with Gasteiger partial charge in [0, 0.05) is 6.04 Å². The molecule has 0 saturated carbocycles. The smallest absolute Gasteiger partial charge is 0.230 e. The van der Waals surface area contributed by atoms with Crippen LogP contribution in [0.5, 0.6) is 0 Å². The van der Waals surface area contributed by atoms with Gasteiger partial charge in [-0.1, -0.05) is 30.3 Å². The lowest BCUT2D eigenvalue weighted by atomic mass is 9.83. The Hall–Kier alpha value is -1.31. The van der Waals surface area contributed by atoms with E-state index in [0.29, 0.717) is 0 Å². The Morgan fingerprint density at radius 1 is 1.20 bits per heavy atom. The van der Waals surface area contributed by atoms with Crippen LogP contribution in [0.2, 0.25) is 0 Å². The molecule has 0 aromatic heterocycles. The number of hydrogen-bond donors (Lipinski definition) is 1. The molecule has 1 rings (SSSR count). The molecule has 0 saturated heterocycles. The topological polar surface area (TPSA) is 29.1 Å². The third kappa shape index (κ3) is 2.82. The van der Waals surface area contributed by atoms with Gasteiger partial charge in [0.1, 0.15) is 0 Å². The first-order valence-corrected chi connectivity index (χ1v) is 5.31. The monoisotopic (exact) mass is 205 g/mol. The summed E-state index contributed by atoms with van der Waals surface area (Å²) < 4.78 is 0. The molecule has 0 unspecified atom stereocenters. The normalized spacial score (nSPS) is 11.5. The number of carbonyl (C=O) groups is 1. The molecular formula is C13H19NO. The van der Waals surface area contributed by atoms with Crippen LogP contribution in [0, 0.1) is 0 Å². The van der Waals surface area contributed by atoms with E-state index in [0.717, 1.165) is 5.56 Å².